The minimum absolute atomic E-state index is 0.493. The van der Waals surface area contributed by atoms with Crippen LogP contribution in [0.1, 0.15) is 39.2 Å². The highest BCUT2D eigenvalue weighted by Crippen LogP contribution is 2.34. The summed E-state index contributed by atoms with van der Waals surface area (Å²) in [4.78, 5) is 2.51. The summed E-state index contributed by atoms with van der Waals surface area (Å²) in [5.41, 5.74) is 2.66. The average Bonchev–Trinajstić information content (AvgIpc) is 3.14. The fourth-order valence-electron chi connectivity index (χ4n) is 2.30. The van der Waals surface area contributed by atoms with Crippen LogP contribution in [-0.2, 0) is 6.54 Å². The van der Waals surface area contributed by atoms with Gasteiger partial charge in [-0.1, -0.05) is 25.4 Å². The molecule has 2 rings (SSSR count). The number of nitrogens with one attached hydrogen (secondary N) is 1. The molecule has 0 heterocycles. The molecule has 0 amide bonds. The standard InChI is InChI=1S/C15H23ClN2/c1-4-18(14-6-7-14)15-8-5-13(16)9-12(15)10-17-11(2)3/h5,8-9,11,14,17H,4,6-7,10H2,1-3H3. The molecule has 0 unspecified atom stereocenters. The fourth-order valence-corrected chi connectivity index (χ4v) is 2.50. The Bertz CT molecular complexity index is 399. The quantitative estimate of drug-likeness (QED) is 0.842. The lowest BCUT2D eigenvalue weighted by molar-refractivity contribution is 0.587. The van der Waals surface area contributed by atoms with Gasteiger partial charge in [0.2, 0.25) is 0 Å². The fraction of sp³-hybridized carbons (Fsp3) is 0.600. The van der Waals surface area contributed by atoms with Gasteiger partial charge in [0.25, 0.3) is 0 Å². The normalized spacial score (nSPS) is 15.2. The first-order valence-corrected chi connectivity index (χ1v) is 7.28. The zero-order valence-corrected chi connectivity index (χ0v) is 12.3. The van der Waals surface area contributed by atoms with E-state index in [1.807, 2.05) is 6.07 Å². The van der Waals surface area contributed by atoms with Crippen LogP contribution in [0.3, 0.4) is 0 Å². The van der Waals surface area contributed by atoms with Gasteiger partial charge < -0.3 is 10.2 Å². The lowest BCUT2D eigenvalue weighted by Crippen LogP contribution is -2.28. The first kappa shape index (κ1) is 13.7. The number of hydrogen-bond donors (Lipinski definition) is 1. The van der Waals surface area contributed by atoms with Gasteiger partial charge >= 0.3 is 0 Å². The van der Waals surface area contributed by atoms with Crippen molar-refractivity contribution >= 4 is 17.3 Å². The molecule has 18 heavy (non-hydrogen) atoms. The van der Waals surface area contributed by atoms with Crippen molar-refractivity contribution in [2.24, 2.45) is 0 Å². The second-order valence-corrected chi connectivity index (χ2v) is 5.76. The second-order valence-electron chi connectivity index (χ2n) is 5.33. The molecule has 1 N–H and O–H groups in total. The van der Waals surface area contributed by atoms with E-state index < -0.39 is 0 Å². The van der Waals surface area contributed by atoms with Crippen molar-refractivity contribution in [1.29, 1.82) is 0 Å². The van der Waals surface area contributed by atoms with E-state index in [4.69, 9.17) is 11.6 Å². The van der Waals surface area contributed by atoms with Crippen molar-refractivity contribution in [3.05, 3.63) is 28.8 Å². The van der Waals surface area contributed by atoms with Gasteiger partial charge in [-0.2, -0.15) is 0 Å². The van der Waals surface area contributed by atoms with E-state index in [1.165, 1.54) is 24.1 Å². The number of anilines is 1. The van der Waals surface area contributed by atoms with Crippen molar-refractivity contribution in [3.8, 4) is 0 Å². The van der Waals surface area contributed by atoms with Gasteiger partial charge in [0.05, 0.1) is 0 Å². The molecule has 0 aliphatic heterocycles. The number of nitrogens with zero attached hydrogens (tertiary/aromatic N) is 1. The molecule has 100 valence electrons. The van der Waals surface area contributed by atoms with Crippen molar-refractivity contribution in [2.45, 2.75) is 52.2 Å². The van der Waals surface area contributed by atoms with Crippen LogP contribution in [0, 0.1) is 0 Å². The summed E-state index contributed by atoms with van der Waals surface area (Å²) < 4.78 is 0. The van der Waals surface area contributed by atoms with Crippen LogP contribution in [0.2, 0.25) is 5.02 Å². The maximum atomic E-state index is 6.13. The molecule has 1 saturated carbocycles. The maximum absolute atomic E-state index is 6.13. The Morgan fingerprint density at radius 2 is 2.11 bits per heavy atom. The predicted molar refractivity (Wildman–Crippen MR) is 79.5 cm³/mol. The largest absolute Gasteiger partial charge is 0.369 e. The lowest BCUT2D eigenvalue weighted by Gasteiger charge is -2.26. The summed E-state index contributed by atoms with van der Waals surface area (Å²) >= 11 is 6.13. The zero-order chi connectivity index (χ0) is 13.1. The molecule has 1 fully saturated rings. The van der Waals surface area contributed by atoms with Crippen molar-refractivity contribution in [1.82, 2.24) is 5.32 Å². The molecule has 0 aromatic heterocycles. The first-order valence-electron chi connectivity index (χ1n) is 6.90. The first-order chi connectivity index (χ1) is 8.61. The van der Waals surface area contributed by atoms with Crippen molar-refractivity contribution in [2.75, 3.05) is 11.4 Å². The third kappa shape index (κ3) is 3.39. The Morgan fingerprint density at radius 3 is 2.67 bits per heavy atom. The molecule has 0 saturated heterocycles. The second kappa shape index (κ2) is 5.94. The van der Waals surface area contributed by atoms with Gasteiger partial charge in [0, 0.05) is 35.9 Å². The van der Waals surface area contributed by atoms with Gasteiger partial charge in [-0.05, 0) is 43.5 Å². The summed E-state index contributed by atoms with van der Waals surface area (Å²) in [6.45, 7) is 8.52. The summed E-state index contributed by atoms with van der Waals surface area (Å²) in [7, 11) is 0. The van der Waals surface area contributed by atoms with Crippen LogP contribution in [0.15, 0.2) is 18.2 Å². The Labute approximate surface area is 115 Å². The smallest absolute Gasteiger partial charge is 0.0415 e. The molecule has 0 bridgehead atoms. The third-order valence-corrected chi connectivity index (χ3v) is 3.62. The Kier molecular flexibility index (Phi) is 4.52. The molecule has 3 heteroatoms. The number of benzene rings is 1. The van der Waals surface area contributed by atoms with Gasteiger partial charge in [-0.3, -0.25) is 0 Å². The van der Waals surface area contributed by atoms with E-state index in [1.54, 1.807) is 0 Å². The summed E-state index contributed by atoms with van der Waals surface area (Å²) in [5, 5.41) is 4.31. The van der Waals surface area contributed by atoms with Crippen LogP contribution < -0.4 is 10.2 Å². The molecule has 0 radical (unpaired) electrons. The van der Waals surface area contributed by atoms with Crippen molar-refractivity contribution < 1.29 is 0 Å². The van der Waals surface area contributed by atoms with Gasteiger partial charge in [0.1, 0.15) is 0 Å². The Hall–Kier alpha value is -0.730. The van der Waals surface area contributed by atoms with Gasteiger partial charge in [-0.25, -0.2) is 0 Å². The van der Waals surface area contributed by atoms with E-state index in [0.717, 1.165) is 24.2 Å². The highest BCUT2D eigenvalue weighted by molar-refractivity contribution is 6.30. The highest BCUT2D eigenvalue weighted by Gasteiger charge is 2.29. The van der Waals surface area contributed by atoms with Gasteiger partial charge in [0.15, 0.2) is 0 Å². The number of rotatable bonds is 6. The molecular formula is C15H23ClN2. The van der Waals surface area contributed by atoms with E-state index in [2.05, 4.69) is 43.1 Å². The van der Waals surface area contributed by atoms with E-state index in [9.17, 15) is 0 Å². The molecule has 1 aliphatic carbocycles. The average molecular weight is 267 g/mol. The highest BCUT2D eigenvalue weighted by atomic mass is 35.5. The molecule has 1 aromatic rings. The number of hydrogen-bond acceptors (Lipinski definition) is 2. The summed E-state index contributed by atoms with van der Waals surface area (Å²) in [6, 6.07) is 7.50. The van der Waals surface area contributed by atoms with E-state index in [0.29, 0.717) is 6.04 Å². The van der Waals surface area contributed by atoms with E-state index in [-0.39, 0.29) is 0 Å². The summed E-state index contributed by atoms with van der Waals surface area (Å²) in [5.74, 6) is 0. The third-order valence-electron chi connectivity index (χ3n) is 3.38. The molecule has 2 nitrogen and oxygen atoms in total. The lowest BCUT2D eigenvalue weighted by atomic mass is 10.1. The summed E-state index contributed by atoms with van der Waals surface area (Å²) in [6.07, 6.45) is 2.65. The van der Waals surface area contributed by atoms with E-state index >= 15 is 0 Å². The minimum Gasteiger partial charge on any atom is -0.369 e. The van der Waals surface area contributed by atoms with Crippen LogP contribution >= 0.6 is 11.6 Å². The predicted octanol–water partition coefficient (Wildman–Crippen LogP) is 3.83. The van der Waals surface area contributed by atoms with Crippen LogP contribution in [0.4, 0.5) is 5.69 Å². The monoisotopic (exact) mass is 266 g/mol. The zero-order valence-electron chi connectivity index (χ0n) is 11.5. The van der Waals surface area contributed by atoms with Crippen LogP contribution in [0.25, 0.3) is 0 Å². The van der Waals surface area contributed by atoms with Crippen LogP contribution in [-0.4, -0.2) is 18.6 Å². The minimum atomic E-state index is 0.493. The van der Waals surface area contributed by atoms with Crippen molar-refractivity contribution in [3.63, 3.8) is 0 Å². The Balaban J connectivity index is 2.21. The molecule has 0 atom stereocenters. The Morgan fingerprint density at radius 1 is 1.39 bits per heavy atom. The maximum Gasteiger partial charge on any atom is 0.0415 e. The SMILES string of the molecule is CCN(c1ccc(Cl)cc1CNC(C)C)C1CC1. The molecular weight excluding hydrogens is 244 g/mol. The van der Waals surface area contributed by atoms with Crippen LogP contribution in [0.5, 0.6) is 0 Å². The van der Waals surface area contributed by atoms with Gasteiger partial charge in [-0.15, -0.1) is 0 Å². The molecule has 1 aromatic carbocycles. The molecule has 1 aliphatic rings. The number of halogens is 1. The molecule has 0 spiro atoms. The topological polar surface area (TPSA) is 15.3 Å².